The predicted octanol–water partition coefficient (Wildman–Crippen LogP) is 8.92. The van der Waals surface area contributed by atoms with Gasteiger partial charge in [0.1, 0.15) is 0 Å². The number of aryl methyl sites for hydroxylation is 3. The summed E-state index contributed by atoms with van der Waals surface area (Å²) in [6.07, 6.45) is 9.77. The Morgan fingerprint density at radius 2 is 1.30 bits per heavy atom. The van der Waals surface area contributed by atoms with Crippen molar-refractivity contribution < 1.29 is 0 Å². The number of hydrogen-bond donors (Lipinski definition) is 0. The third-order valence-corrected chi connectivity index (χ3v) is 6.28. The van der Waals surface area contributed by atoms with Crippen LogP contribution < -0.4 is 0 Å². The molecule has 0 saturated carbocycles. The molecule has 33 heavy (non-hydrogen) atoms. The summed E-state index contributed by atoms with van der Waals surface area (Å²) in [7, 11) is 0. The molecular weight excluding hydrogens is 396 g/mol. The molecule has 0 N–H and O–H groups in total. The Balaban J connectivity index is 1.68. The van der Waals surface area contributed by atoms with Crippen LogP contribution in [0.15, 0.2) is 116 Å². The lowest BCUT2D eigenvalue weighted by molar-refractivity contribution is 1.06. The lowest BCUT2D eigenvalue weighted by atomic mass is 9.86. The highest BCUT2D eigenvalue weighted by Crippen LogP contribution is 2.37. The van der Waals surface area contributed by atoms with E-state index in [1.54, 1.807) is 0 Å². The summed E-state index contributed by atoms with van der Waals surface area (Å²) < 4.78 is 0. The Hall–Kier alpha value is -3.64. The van der Waals surface area contributed by atoms with Crippen molar-refractivity contribution in [1.82, 2.24) is 0 Å². The summed E-state index contributed by atoms with van der Waals surface area (Å²) in [5.74, 6) is 0.179. The quantitative estimate of drug-likeness (QED) is 0.352. The van der Waals surface area contributed by atoms with E-state index in [2.05, 4.69) is 131 Å². The van der Waals surface area contributed by atoms with E-state index in [1.807, 2.05) is 0 Å². The topological polar surface area (TPSA) is 0 Å². The molecule has 0 spiro atoms. The fourth-order valence-electron chi connectivity index (χ4n) is 4.45. The van der Waals surface area contributed by atoms with Crippen molar-refractivity contribution in [2.75, 3.05) is 0 Å². The van der Waals surface area contributed by atoms with Crippen LogP contribution in [0.2, 0.25) is 0 Å². The van der Waals surface area contributed by atoms with Crippen LogP contribution >= 0.6 is 0 Å². The monoisotopic (exact) mass is 428 g/mol. The molecule has 0 aliphatic heterocycles. The molecule has 0 bridgehead atoms. The predicted molar refractivity (Wildman–Crippen MR) is 145 cm³/mol. The molecule has 4 rings (SSSR count). The summed E-state index contributed by atoms with van der Waals surface area (Å²) in [5, 5.41) is 0. The van der Waals surface area contributed by atoms with E-state index in [1.165, 1.54) is 44.5 Å². The maximum Gasteiger partial charge on any atom is 0.0272 e. The van der Waals surface area contributed by atoms with Crippen LogP contribution in [-0.2, 0) is 0 Å². The molecular formula is C33H32. The summed E-state index contributed by atoms with van der Waals surface area (Å²) >= 11 is 0. The van der Waals surface area contributed by atoms with E-state index >= 15 is 0 Å². The highest BCUT2D eigenvalue weighted by atomic mass is 14.2. The normalized spacial score (nSPS) is 15.4. The lowest BCUT2D eigenvalue weighted by Gasteiger charge is -2.18. The Bertz CT molecular complexity index is 1290. The second-order valence-corrected chi connectivity index (χ2v) is 9.11. The van der Waals surface area contributed by atoms with E-state index in [-0.39, 0.29) is 5.92 Å². The minimum Gasteiger partial charge on any atom is -0.0949 e. The van der Waals surface area contributed by atoms with Crippen molar-refractivity contribution in [3.05, 3.63) is 149 Å². The molecule has 0 radical (unpaired) electrons. The molecule has 0 saturated heterocycles. The van der Waals surface area contributed by atoms with E-state index in [0.717, 1.165) is 17.6 Å². The SMILES string of the molecule is C=C(C/C(=C/C1=CC=CC1C(=C)c1cccc(C)c1)c1cccc(C)c1)c1cccc(C)c1. The van der Waals surface area contributed by atoms with Crippen LogP contribution in [0.25, 0.3) is 16.7 Å². The Morgan fingerprint density at radius 3 is 1.94 bits per heavy atom. The summed E-state index contributed by atoms with van der Waals surface area (Å²) in [6, 6.07) is 26.0. The second kappa shape index (κ2) is 9.88. The first kappa shape index (κ1) is 22.6. The Morgan fingerprint density at radius 1 is 0.758 bits per heavy atom. The van der Waals surface area contributed by atoms with E-state index in [0.29, 0.717) is 0 Å². The van der Waals surface area contributed by atoms with Gasteiger partial charge in [-0.2, -0.15) is 0 Å². The first-order chi connectivity index (χ1) is 15.9. The van der Waals surface area contributed by atoms with Crippen molar-refractivity contribution >= 4 is 16.7 Å². The van der Waals surface area contributed by atoms with E-state index in [9.17, 15) is 0 Å². The maximum atomic E-state index is 4.47. The van der Waals surface area contributed by atoms with Gasteiger partial charge in [0.15, 0.2) is 0 Å². The molecule has 164 valence electrons. The zero-order valence-corrected chi connectivity index (χ0v) is 19.9. The molecule has 0 heterocycles. The molecule has 1 atom stereocenters. The van der Waals surface area contributed by atoms with Gasteiger partial charge < -0.3 is 0 Å². The number of rotatable bonds is 7. The highest BCUT2D eigenvalue weighted by Gasteiger charge is 2.19. The molecule has 0 amide bonds. The van der Waals surface area contributed by atoms with Crippen molar-refractivity contribution in [2.24, 2.45) is 5.92 Å². The number of hydrogen-bond acceptors (Lipinski definition) is 0. The van der Waals surface area contributed by atoms with Gasteiger partial charge in [0.2, 0.25) is 0 Å². The van der Waals surface area contributed by atoms with Crippen LogP contribution in [0.5, 0.6) is 0 Å². The average Bonchev–Trinajstić information content (AvgIpc) is 3.26. The zero-order valence-electron chi connectivity index (χ0n) is 19.9. The van der Waals surface area contributed by atoms with Crippen LogP contribution in [-0.4, -0.2) is 0 Å². The maximum absolute atomic E-state index is 4.47. The minimum absolute atomic E-state index is 0.179. The third-order valence-electron chi connectivity index (χ3n) is 6.28. The lowest BCUT2D eigenvalue weighted by Crippen LogP contribution is -2.01. The van der Waals surface area contributed by atoms with Gasteiger partial charge >= 0.3 is 0 Å². The van der Waals surface area contributed by atoms with E-state index < -0.39 is 0 Å². The molecule has 3 aromatic rings. The molecule has 3 aromatic carbocycles. The van der Waals surface area contributed by atoms with Gasteiger partial charge in [-0.1, -0.05) is 127 Å². The van der Waals surface area contributed by atoms with Crippen molar-refractivity contribution in [3.63, 3.8) is 0 Å². The van der Waals surface area contributed by atoms with Crippen LogP contribution in [0.3, 0.4) is 0 Å². The molecule has 1 aliphatic carbocycles. The largest absolute Gasteiger partial charge is 0.0949 e. The highest BCUT2D eigenvalue weighted by molar-refractivity contribution is 5.82. The molecule has 1 unspecified atom stereocenters. The van der Waals surface area contributed by atoms with Gasteiger partial charge in [-0.05, 0) is 66.2 Å². The smallest absolute Gasteiger partial charge is 0.0272 e. The van der Waals surface area contributed by atoms with Gasteiger partial charge in [-0.3, -0.25) is 0 Å². The van der Waals surface area contributed by atoms with Crippen molar-refractivity contribution in [3.8, 4) is 0 Å². The third kappa shape index (κ3) is 5.41. The van der Waals surface area contributed by atoms with Gasteiger partial charge in [-0.25, -0.2) is 0 Å². The minimum atomic E-state index is 0.179. The van der Waals surface area contributed by atoms with Crippen LogP contribution in [0.1, 0.15) is 39.8 Å². The molecule has 1 aliphatic rings. The summed E-state index contributed by atoms with van der Waals surface area (Å²) in [5.41, 5.74) is 12.2. The van der Waals surface area contributed by atoms with Crippen LogP contribution in [0, 0.1) is 26.7 Å². The first-order valence-electron chi connectivity index (χ1n) is 11.6. The van der Waals surface area contributed by atoms with Gasteiger partial charge in [0.05, 0.1) is 0 Å². The van der Waals surface area contributed by atoms with Crippen LogP contribution in [0.4, 0.5) is 0 Å². The van der Waals surface area contributed by atoms with Gasteiger partial charge in [-0.15, -0.1) is 0 Å². The second-order valence-electron chi connectivity index (χ2n) is 9.11. The number of benzene rings is 3. The van der Waals surface area contributed by atoms with Crippen molar-refractivity contribution in [1.29, 1.82) is 0 Å². The first-order valence-corrected chi connectivity index (χ1v) is 11.6. The fourth-order valence-corrected chi connectivity index (χ4v) is 4.45. The molecule has 0 heteroatoms. The molecule has 0 fully saturated rings. The summed E-state index contributed by atoms with van der Waals surface area (Å²) in [6.45, 7) is 15.3. The Labute approximate surface area is 199 Å². The van der Waals surface area contributed by atoms with Crippen molar-refractivity contribution in [2.45, 2.75) is 27.2 Å². The molecule has 0 aromatic heterocycles. The van der Waals surface area contributed by atoms with Gasteiger partial charge in [0, 0.05) is 5.92 Å². The fraction of sp³-hybridized carbons (Fsp3) is 0.152. The summed E-state index contributed by atoms with van der Waals surface area (Å²) in [4.78, 5) is 0. The molecule has 0 nitrogen and oxygen atoms in total. The Kier molecular flexibility index (Phi) is 6.75. The average molecular weight is 429 g/mol. The van der Waals surface area contributed by atoms with E-state index in [4.69, 9.17) is 0 Å². The standard InChI is InChI=1S/C33H32/c1-23-10-6-13-28(18-23)26(4)21-32(30-15-8-12-25(3)20-30)22-31-16-9-17-33(31)27(5)29-14-7-11-24(2)19-29/h6-20,22,33H,4-5,21H2,1-3H3/b32-22-. The van der Waals surface area contributed by atoms with Gasteiger partial charge in [0.25, 0.3) is 0 Å². The zero-order chi connectivity index (χ0) is 23.4. The number of allylic oxidation sites excluding steroid dienone is 8.